The van der Waals surface area contributed by atoms with E-state index in [2.05, 4.69) is 10.1 Å². The molecule has 4 rings (SSSR count). The number of rotatable bonds is 3. The molecule has 2 heterocycles. The minimum Gasteiger partial charge on any atom is -0.503 e. The molecule has 1 N–H and O–H groups in total. The van der Waals surface area contributed by atoms with Gasteiger partial charge in [0.1, 0.15) is 0 Å². The van der Waals surface area contributed by atoms with E-state index < -0.39 is 40.6 Å². The summed E-state index contributed by atoms with van der Waals surface area (Å²) in [5.41, 5.74) is 1.55. The minimum absolute atomic E-state index is 0.327. The highest BCUT2D eigenvalue weighted by Gasteiger charge is 2.27. The van der Waals surface area contributed by atoms with E-state index in [1.165, 1.54) is 4.90 Å². The van der Waals surface area contributed by atoms with E-state index in [1.807, 2.05) is 36.4 Å². The topological polar surface area (TPSA) is 79.5 Å². The molecule has 6 nitrogen and oxygen atoms in total. The molecule has 1 amide bonds. The number of carbonyl (C=O) groups excluding carboxylic acids is 1. The molecule has 1 aromatic heterocycles. The van der Waals surface area contributed by atoms with Gasteiger partial charge in [-0.1, -0.05) is 41.6 Å². The maximum Gasteiger partial charge on any atom is 0.295 e. The number of phenols is 1. The third-order valence-electron chi connectivity index (χ3n) is 4.62. The van der Waals surface area contributed by atoms with Crippen molar-refractivity contribution in [1.29, 1.82) is 0 Å². The van der Waals surface area contributed by atoms with E-state index in [0.29, 0.717) is 25.6 Å². The molecule has 2 aromatic carbocycles. The van der Waals surface area contributed by atoms with Gasteiger partial charge < -0.3 is 14.5 Å². The lowest BCUT2D eigenvalue weighted by Crippen LogP contribution is -2.35. The second-order valence-corrected chi connectivity index (χ2v) is 6.40. The molecule has 0 atom stereocenters. The molecule has 0 bridgehead atoms. The Bertz CT molecular complexity index is 1110. The zero-order valence-electron chi connectivity index (χ0n) is 14.9. The summed E-state index contributed by atoms with van der Waals surface area (Å²) in [6.45, 7) is 0.747. The first-order valence-electron chi connectivity index (χ1n) is 8.70. The standard InChI is InChI=1S/C20H14F3N3O3/c21-14-10-13(15(22)17(27)16(14)23)19-24-18(25-29-19)20(28)26-8-6-12(7-9-26)11-4-2-1-3-5-11/h1-6,10,27H,7-9H2. The summed E-state index contributed by atoms with van der Waals surface area (Å²) in [4.78, 5) is 17.9. The van der Waals surface area contributed by atoms with Crippen molar-refractivity contribution in [1.82, 2.24) is 15.0 Å². The van der Waals surface area contributed by atoms with Gasteiger partial charge in [-0.2, -0.15) is 9.37 Å². The fourth-order valence-corrected chi connectivity index (χ4v) is 3.08. The van der Waals surface area contributed by atoms with E-state index in [1.54, 1.807) is 0 Å². The molecule has 0 fully saturated rings. The Kier molecular flexibility index (Phi) is 4.79. The normalized spacial score (nSPS) is 14.0. The fraction of sp³-hybridized carbons (Fsp3) is 0.150. The number of nitrogens with zero attached hydrogens (tertiary/aromatic N) is 3. The largest absolute Gasteiger partial charge is 0.503 e. The second kappa shape index (κ2) is 7.42. The Morgan fingerprint density at radius 2 is 1.90 bits per heavy atom. The van der Waals surface area contributed by atoms with Crippen molar-refractivity contribution < 1.29 is 27.6 Å². The molecule has 29 heavy (non-hydrogen) atoms. The Labute approximate surface area is 162 Å². The van der Waals surface area contributed by atoms with E-state index in [9.17, 15) is 23.1 Å². The Morgan fingerprint density at radius 1 is 1.14 bits per heavy atom. The highest BCUT2D eigenvalue weighted by molar-refractivity contribution is 5.91. The summed E-state index contributed by atoms with van der Waals surface area (Å²) < 4.78 is 45.5. The van der Waals surface area contributed by atoms with Crippen LogP contribution >= 0.6 is 0 Å². The number of benzene rings is 2. The van der Waals surface area contributed by atoms with Gasteiger partial charge in [0.25, 0.3) is 17.6 Å². The van der Waals surface area contributed by atoms with Gasteiger partial charge in [0.05, 0.1) is 5.56 Å². The van der Waals surface area contributed by atoms with E-state index in [0.717, 1.165) is 11.1 Å². The fourth-order valence-electron chi connectivity index (χ4n) is 3.08. The van der Waals surface area contributed by atoms with Gasteiger partial charge >= 0.3 is 0 Å². The van der Waals surface area contributed by atoms with Crippen molar-refractivity contribution in [2.24, 2.45) is 0 Å². The van der Waals surface area contributed by atoms with Crippen molar-refractivity contribution in [3.05, 3.63) is 71.3 Å². The molecule has 0 spiro atoms. The van der Waals surface area contributed by atoms with Gasteiger partial charge in [-0.15, -0.1) is 0 Å². The maximum atomic E-state index is 14.0. The Morgan fingerprint density at radius 3 is 2.59 bits per heavy atom. The van der Waals surface area contributed by atoms with E-state index in [4.69, 9.17) is 4.52 Å². The lowest BCUT2D eigenvalue weighted by Gasteiger charge is -2.25. The van der Waals surface area contributed by atoms with Crippen LogP contribution in [0.5, 0.6) is 5.75 Å². The molecule has 0 radical (unpaired) electrons. The third kappa shape index (κ3) is 3.46. The number of amides is 1. The molecule has 9 heteroatoms. The van der Waals surface area contributed by atoms with Gasteiger partial charge in [-0.05, 0) is 23.6 Å². The molecule has 3 aromatic rings. The summed E-state index contributed by atoms with van der Waals surface area (Å²) in [5, 5.41) is 12.8. The highest BCUT2D eigenvalue weighted by atomic mass is 19.2. The predicted octanol–water partition coefficient (Wildman–Crippen LogP) is 3.79. The molecule has 0 unspecified atom stereocenters. The van der Waals surface area contributed by atoms with Gasteiger partial charge in [-0.3, -0.25) is 4.79 Å². The molecular weight excluding hydrogens is 387 g/mol. The van der Waals surface area contributed by atoms with Crippen LogP contribution in [0.4, 0.5) is 13.2 Å². The van der Waals surface area contributed by atoms with Crippen molar-refractivity contribution in [2.45, 2.75) is 6.42 Å². The van der Waals surface area contributed by atoms with Crippen LogP contribution in [0.15, 0.2) is 47.0 Å². The third-order valence-corrected chi connectivity index (χ3v) is 4.62. The van der Waals surface area contributed by atoms with Gasteiger partial charge in [0.15, 0.2) is 17.4 Å². The zero-order chi connectivity index (χ0) is 20.5. The number of aromatic nitrogens is 2. The van der Waals surface area contributed by atoms with Crippen molar-refractivity contribution >= 4 is 11.5 Å². The Hall–Kier alpha value is -3.62. The summed E-state index contributed by atoms with van der Waals surface area (Å²) in [7, 11) is 0. The number of carbonyl (C=O) groups is 1. The quantitative estimate of drug-likeness (QED) is 0.676. The average Bonchev–Trinajstić information content (AvgIpc) is 3.25. The van der Waals surface area contributed by atoms with Crippen molar-refractivity contribution in [3.8, 4) is 17.2 Å². The average molecular weight is 401 g/mol. The van der Waals surface area contributed by atoms with Crippen LogP contribution in [-0.2, 0) is 0 Å². The van der Waals surface area contributed by atoms with Crippen LogP contribution in [-0.4, -0.2) is 39.1 Å². The second-order valence-electron chi connectivity index (χ2n) is 6.40. The molecule has 1 aliphatic heterocycles. The van der Waals surface area contributed by atoms with E-state index in [-0.39, 0.29) is 5.82 Å². The van der Waals surface area contributed by atoms with Crippen molar-refractivity contribution in [3.63, 3.8) is 0 Å². The van der Waals surface area contributed by atoms with Crippen molar-refractivity contribution in [2.75, 3.05) is 13.1 Å². The number of phenolic OH excluding ortho intramolecular Hbond substituents is 1. The van der Waals surface area contributed by atoms with E-state index >= 15 is 0 Å². The van der Waals surface area contributed by atoms with Gasteiger partial charge in [0.2, 0.25) is 5.82 Å². The molecule has 148 valence electrons. The number of hydrogen-bond donors (Lipinski definition) is 1. The number of hydrogen-bond acceptors (Lipinski definition) is 5. The van der Waals surface area contributed by atoms with Crippen LogP contribution < -0.4 is 0 Å². The van der Waals surface area contributed by atoms with Crippen LogP contribution in [0.25, 0.3) is 17.0 Å². The van der Waals surface area contributed by atoms with Crippen LogP contribution in [0.3, 0.4) is 0 Å². The lowest BCUT2D eigenvalue weighted by molar-refractivity contribution is 0.0757. The monoisotopic (exact) mass is 401 g/mol. The summed E-state index contributed by atoms with van der Waals surface area (Å²) in [6, 6.07) is 10.2. The first-order valence-corrected chi connectivity index (χ1v) is 8.70. The van der Waals surface area contributed by atoms with Crippen LogP contribution in [0.2, 0.25) is 0 Å². The maximum absolute atomic E-state index is 14.0. The molecule has 0 saturated carbocycles. The van der Waals surface area contributed by atoms with Gasteiger partial charge in [-0.25, -0.2) is 8.78 Å². The number of aromatic hydroxyl groups is 1. The highest BCUT2D eigenvalue weighted by Crippen LogP contribution is 2.32. The molecular formula is C20H14F3N3O3. The molecule has 0 saturated heterocycles. The zero-order valence-corrected chi connectivity index (χ0v) is 14.9. The van der Waals surface area contributed by atoms with Gasteiger partial charge in [0, 0.05) is 13.1 Å². The number of halogens is 3. The minimum atomic E-state index is -1.73. The SMILES string of the molecule is O=C(c1noc(-c2cc(F)c(F)c(O)c2F)n1)N1CC=C(c2ccccc2)CC1. The Balaban J connectivity index is 1.54. The molecule has 1 aliphatic rings. The summed E-state index contributed by atoms with van der Waals surface area (Å²) in [5.74, 6) is -7.61. The smallest absolute Gasteiger partial charge is 0.295 e. The first-order chi connectivity index (χ1) is 14.0. The predicted molar refractivity (Wildman–Crippen MR) is 96.2 cm³/mol. The van der Waals surface area contributed by atoms with Crippen LogP contribution in [0, 0.1) is 17.5 Å². The lowest BCUT2D eigenvalue weighted by atomic mass is 9.99. The molecule has 0 aliphatic carbocycles. The van der Waals surface area contributed by atoms with Crippen LogP contribution in [0.1, 0.15) is 22.6 Å². The first kappa shape index (κ1) is 18.7. The summed E-state index contributed by atoms with van der Waals surface area (Å²) >= 11 is 0. The summed E-state index contributed by atoms with van der Waals surface area (Å²) in [6.07, 6.45) is 2.55.